The monoisotopic (exact) mass is 352 g/mol. The summed E-state index contributed by atoms with van der Waals surface area (Å²) >= 11 is 1.64. The van der Waals surface area contributed by atoms with E-state index in [9.17, 15) is 9.59 Å². The van der Waals surface area contributed by atoms with Gasteiger partial charge in [0.15, 0.2) is 0 Å². The number of benzene rings is 1. The maximum Gasteiger partial charge on any atom is 0.408 e. The van der Waals surface area contributed by atoms with E-state index in [0.717, 1.165) is 11.3 Å². The molecule has 1 aromatic rings. The number of likely N-dealkylation sites (N-methyl/N-ethyl adjacent to an activating group) is 1. The van der Waals surface area contributed by atoms with Gasteiger partial charge in [-0.25, -0.2) is 4.79 Å². The Morgan fingerprint density at radius 3 is 2.42 bits per heavy atom. The number of carbonyl (C=O) groups excluding carboxylic acids is 2. The van der Waals surface area contributed by atoms with Crippen LogP contribution in [0.2, 0.25) is 0 Å². The third kappa shape index (κ3) is 7.73. The largest absolute Gasteiger partial charge is 0.444 e. The second-order valence-corrected chi connectivity index (χ2v) is 7.65. The van der Waals surface area contributed by atoms with Gasteiger partial charge in [0.25, 0.3) is 0 Å². The highest BCUT2D eigenvalue weighted by molar-refractivity contribution is 7.98. The van der Waals surface area contributed by atoms with Crippen LogP contribution >= 0.6 is 11.8 Å². The van der Waals surface area contributed by atoms with Crippen molar-refractivity contribution in [1.29, 1.82) is 0 Å². The first-order valence-corrected chi connectivity index (χ1v) is 9.39. The molecule has 6 heteroatoms. The van der Waals surface area contributed by atoms with Crippen LogP contribution in [0, 0.1) is 0 Å². The Labute approximate surface area is 149 Å². The Balaban J connectivity index is 2.71. The van der Waals surface area contributed by atoms with E-state index in [-0.39, 0.29) is 5.91 Å². The van der Waals surface area contributed by atoms with Gasteiger partial charge in [0.2, 0.25) is 5.91 Å². The van der Waals surface area contributed by atoms with E-state index >= 15 is 0 Å². The van der Waals surface area contributed by atoms with Crippen molar-refractivity contribution in [2.75, 3.05) is 19.1 Å². The molecule has 0 aliphatic carbocycles. The summed E-state index contributed by atoms with van der Waals surface area (Å²) in [6.07, 6.45) is 1.98. The first kappa shape index (κ1) is 20.4. The SMILES string of the molecule is CSCCC(NC(=O)OC(C)(C)C)C(=O)N(C)Cc1ccccc1. The van der Waals surface area contributed by atoms with Crippen molar-refractivity contribution < 1.29 is 14.3 Å². The van der Waals surface area contributed by atoms with E-state index in [1.165, 1.54) is 0 Å². The molecule has 0 aromatic heterocycles. The summed E-state index contributed by atoms with van der Waals surface area (Å²) in [4.78, 5) is 26.3. The fraction of sp³-hybridized carbons (Fsp3) is 0.556. The van der Waals surface area contributed by atoms with Crippen molar-refractivity contribution in [3.8, 4) is 0 Å². The first-order chi connectivity index (χ1) is 11.2. The van der Waals surface area contributed by atoms with Gasteiger partial charge in [-0.05, 0) is 44.8 Å². The lowest BCUT2D eigenvalue weighted by atomic mass is 10.1. The summed E-state index contributed by atoms with van der Waals surface area (Å²) in [7, 11) is 1.75. The number of carbonyl (C=O) groups is 2. The molecule has 0 saturated heterocycles. The second-order valence-electron chi connectivity index (χ2n) is 6.66. The van der Waals surface area contributed by atoms with E-state index in [1.54, 1.807) is 44.5 Å². The Kier molecular flexibility index (Phi) is 8.11. The molecular weight excluding hydrogens is 324 g/mol. The summed E-state index contributed by atoms with van der Waals surface area (Å²) < 4.78 is 5.27. The summed E-state index contributed by atoms with van der Waals surface area (Å²) in [5.74, 6) is 0.671. The van der Waals surface area contributed by atoms with Crippen molar-refractivity contribution in [2.24, 2.45) is 0 Å². The third-order valence-corrected chi connectivity index (χ3v) is 3.88. The molecule has 2 amide bonds. The van der Waals surface area contributed by atoms with Crippen molar-refractivity contribution in [3.05, 3.63) is 35.9 Å². The van der Waals surface area contributed by atoms with Gasteiger partial charge in [-0.3, -0.25) is 4.79 Å². The van der Waals surface area contributed by atoms with E-state index in [2.05, 4.69) is 5.32 Å². The molecule has 0 aliphatic rings. The number of thioether (sulfide) groups is 1. The van der Waals surface area contributed by atoms with Gasteiger partial charge >= 0.3 is 6.09 Å². The molecule has 5 nitrogen and oxygen atoms in total. The van der Waals surface area contributed by atoms with E-state index in [0.29, 0.717) is 13.0 Å². The lowest BCUT2D eigenvalue weighted by molar-refractivity contribution is -0.132. The van der Waals surface area contributed by atoms with Crippen LogP contribution in [0.15, 0.2) is 30.3 Å². The van der Waals surface area contributed by atoms with Crippen LogP contribution in [-0.2, 0) is 16.1 Å². The third-order valence-electron chi connectivity index (χ3n) is 3.24. The molecule has 1 N–H and O–H groups in total. The van der Waals surface area contributed by atoms with Crippen molar-refractivity contribution in [1.82, 2.24) is 10.2 Å². The molecule has 24 heavy (non-hydrogen) atoms. The maximum atomic E-state index is 12.7. The minimum atomic E-state index is -0.590. The highest BCUT2D eigenvalue weighted by Crippen LogP contribution is 2.11. The van der Waals surface area contributed by atoms with Gasteiger partial charge in [-0.2, -0.15) is 11.8 Å². The zero-order valence-electron chi connectivity index (χ0n) is 15.2. The number of nitrogens with zero attached hydrogens (tertiary/aromatic N) is 1. The van der Waals surface area contributed by atoms with Crippen LogP contribution in [0.25, 0.3) is 0 Å². The highest BCUT2D eigenvalue weighted by Gasteiger charge is 2.26. The minimum absolute atomic E-state index is 0.112. The van der Waals surface area contributed by atoms with Crippen LogP contribution in [0.5, 0.6) is 0 Å². The highest BCUT2D eigenvalue weighted by atomic mass is 32.2. The number of amides is 2. The molecule has 1 rings (SSSR count). The smallest absolute Gasteiger partial charge is 0.408 e. The average molecular weight is 353 g/mol. The molecule has 0 radical (unpaired) electrons. The number of rotatable bonds is 7. The Morgan fingerprint density at radius 1 is 1.25 bits per heavy atom. The van der Waals surface area contributed by atoms with Crippen LogP contribution < -0.4 is 5.32 Å². The normalized spacial score (nSPS) is 12.4. The average Bonchev–Trinajstić information content (AvgIpc) is 2.49. The van der Waals surface area contributed by atoms with E-state index in [4.69, 9.17) is 4.74 Å². The number of hydrogen-bond acceptors (Lipinski definition) is 4. The molecule has 0 saturated carbocycles. The van der Waals surface area contributed by atoms with Gasteiger partial charge in [0.05, 0.1) is 0 Å². The van der Waals surface area contributed by atoms with E-state index < -0.39 is 17.7 Å². The number of ether oxygens (including phenoxy) is 1. The number of hydrogen-bond donors (Lipinski definition) is 1. The molecule has 0 heterocycles. The molecule has 1 unspecified atom stereocenters. The summed E-state index contributed by atoms with van der Waals surface area (Å²) in [6, 6.07) is 9.19. The van der Waals surface area contributed by atoms with Crippen molar-refractivity contribution in [3.63, 3.8) is 0 Å². The predicted molar refractivity (Wildman–Crippen MR) is 99.1 cm³/mol. The first-order valence-electron chi connectivity index (χ1n) is 8.00. The van der Waals surface area contributed by atoms with Gasteiger partial charge in [-0.1, -0.05) is 30.3 Å². The predicted octanol–water partition coefficient (Wildman–Crippen LogP) is 3.29. The quantitative estimate of drug-likeness (QED) is 0.818. The fourth-order valence-corrected chi connectivity index (χ4v) is 2.62. The summed E-state index contributed by atoms with van der Waals surface area (Å²) in [5.41, 5.74) is 0.460. The standard InChI is InChI=1S/C18H28N2O3S/c1-18(2,3)23-17(22)19-15(11-12-24-5)16(21)20(4)13-14-9-7-6-8-10-14/h6-10,15H,11-13H2,1-5H3,(H,19,22). The van der Waals surface area contributed by atoms with E-state index in [1.807, 2.05) is 36.6 Å². The van der Waals surface area contributed by atoms with Crippen LogP contribution in [0.4, 0.5) is 4.79 Å². The fourth-order valence-electron chi connectivity index (χ4n) is 2.14. The van der Waals surface area contributed by atoms with Crippen LogP contribution in [0.1, 0.15) is 32.8 Å². The molecule has 134 valence electrons. The molecule has 1 aromatic carbocycles. The lowest BCUT2D eigenvalue weighted by Gasteiger charge is -2.26. The molecule has 0 bridgehead atoms. The zero-order chi connectivity index (χ0) is 18.2. The second kappa shape index (κ2) is 9.57. The van der Waals surface area contributed by atoms with Gasteiger partial charge in [0, 0.05) is 13.6 Å². The molecule has 1 atom stereocenters. The number of nitrogens with one attached hydrogen (secondary N) is 1. The zero-order valence-corrected chi connectivity index (χ0v) is 16.0. The topological polar surface area (TPSA) is 58.6 Å². The van der Waals surface area contributed by atoms with Gasteiger partial charge in [0.1, 0.15) is 11.6 Å². The molecule has 0 fully saturated rings. The molecular formula is C18H28N2O3S. The molecule has 0 aliphatic heterocycles. The molecule has 0 spiro atoms. The summed E-state index contributed by atoms with van der Waals surface area (Å²) in [5, 5.41) is 2.71. The minimum Gasteiger partial charge on any atom is -0.444 e. The lowest BCUT2D eigenvalue weighted by Crippen LogP contribution is -2.48. The van der Waals surface area contributed by atoms with Gasteiger partial charge < -0.3 is 15.0 Å². The van der Waals surface area contributed by atoms with Crippen molar-refractivity contribution >= 4 is 23.8 Å². The van der Waals surface area contributed by atoms with Gasteiger partial charge in [-0.15, -0.1) is 0 Å². The summed E-state index contributed by atoms with van der Waals surface area (Å²) in [6.45, 7) is 5.90. The van der Waals surface area contributed by atoms with Crippen LogP contribution in [-0.4, -0.2) is 47.6 Å². The number of alkyl carbamates (subject to hydrolysis) is 1. The van der Waals surface area contributed by atoms with Crippen LogP contribution in [0.3, 0.4) is 0 Å². The maximum absolute atomic E-state index is 12.7. The Bertz CT molecular complexity index is 529. The Morgan fingerprint density at radius 2 is 1.88 bits per heavy atom. The Hall–Kier alpha value is -1.69. The van der Waals surface area contributed by atoms with Crippen molar-refractivity contribution in [2.45, 2.75) is 45.4 Å².